The highest BCUT2D eigenvalue weighted by atomic mass is 35.5. The van der Waals surface area contributed by atoms with E-state index in [-0.39, 0.29) is 16.6 Å². The normalized spacial score (nSPS) is 12.0. The molecule has 2 N–H and O–H groups in total. The summed E-state index contributed by atoms with van der Waals surface area (Å²) < 4.78 is 5.41. The molecular weight excluding hydrogens is 360 g/mol. The van der Waals surface area contributed by atoms with Gasteiger partial charge >= 0.3 is 0 Å². The summed E-state index contributed by atoms with van der Waals surface area (Å²) in [7, 11) is 0. The van der Waals surface area contributed by atoms with Crippen molar-refractivity contribution < 1.29 is 14.1 Å². The van der Waals surface area contributed by atoms with E-state index in [9.17, 15) is 14.9 Å². The molecule has 26 heavy (non-hydrogen) atoms. The number of rotatable bonds is 5. The molecule has 0 saturated heterocycles. The van der Waals surface area contributed by atoms with Crippen molar-refractivity contribution in [3.05, 3.63) is 57.4 Å². The van der Waals surface area contributed by atoms with E-state index >= 15 is 0 Å². The van der Waals surface area contributed by atoms with Gasteiger partial charge in [-0.2, -0.15) is 0 Å². The van der Waals surface area contributed by atoms with Crippen molar-refractivity contribution in [1.82, 2.24) is 4.98 Å². The van der Waals surface area contributed by atoms with Crippen LogP contribution in [0.5, 0.6) is 0 Å². The molecule has 1 aromatic heterocycles. The number of aryl methyl sites for hydroxylation is 1. The minimum atomic E-state index is -0.577. The Morgan fingerprint density at radius 2 is 2.08 bits per heavy atom. The summed E-state index contributed by atoms with van der Waals surface area (Å²) >= 11 is 5.99. The number of halogens is 1. The van der Waals surface area contributed by atoms with Crippen LogP contribution in [0.1, 0.15) is 12.8 Å². The van der Waals surface area contributed by atoms with E-state index in [0.717, 1.165) is 0 Å². The number of oxazole rings is 1. The van der Waals surface area contributed by atoms with Crippen molar-refractivity contribution in [3.63, 3.8) is 0 Å². The average molecular weight is 375 g/mol. The van der Waals surface area contributed by atoms with Crippen LogP contribution in [0.4, 0.5) is 17.1 Å². The predicted octanol–water partition coefficient (Wildman–Crippen LogP) is 4.14. The molecule has 0 radical (unpaired) electrons. The minimum Gasteiger partial charge on any atom is -0.441 e. The first-order valence-electron chi connectivity index (χ1n) is 7.72. The molecule has 0 unspecified atom stereocenters. The Morgan fingerprint density at radius 1 is 1.31 bits per heavy atom. The summed E-state index contributed by atoms with van der Waals surface area (Å²) in [6.45, 7) is 3.45. The number of benzene rings is 2. The maximum Gasteiger partial charge on any atom is 0.271 e. The molecule has 0 saturated carbocycles. The van der Waals surface area contributed by atoms with Crippen molar-refractivity contribution >= 4 is 45.7 Å². The Hall–Kier alpha value is -3.13. The molecule has 0 fully saturated rings. The Labute approximate surface area is 153 Å². The topological polar surface area (TPSA) is 110 Å². The summed E-state index contributed by atoms with van der Waals surface area (Å²) in [5.74, 6) is 0.230. The van der Waals surface area contributed by atoms with Crippen molar-refractivity contribution in [1.29, 1.82) is 0 Å². The van der Waals surface area contributed by atoms with Crippen LogP contribution in [0.25, 0.3) is 11.1 Å². The summed E-state index contributed by atoms with van der Waals surface area (Å²) in [4.78, 5) is 26.8. The van der Waals surface area contributed by atoms with E-state index in [1.807, 2.05) is 0 Å². The fraction of sp³-hybridized carbons (Fsp3) is 0.176. The molecule has 0 aliphatic rings. The van der Waals surface area contributed by atoms with Gasteiger partial charge in [-0.05, 0) is 31.2 Å². The number of nitrogens with one attached hydrogen (secondary N) is 2. The second kappa shape index (κ2) is 7.01. The van der Waals surface area contributed by atoms with Crippen LogP contribution in [0.15, 0.2) is 40.8 Å². The number of nitro groups is 1. The van der Waals surface area contributed by atoms with Crippen molar-refractivity contribution in [2.75, 3.05) is 10.6 Å². The lowest BCUT2D eigenvalue weighted by atomic mass is 10.2. The molecule has 3 aromatic rings. The van der Waals surface area contributed by atoms with E-state index in [4.69, 9.17) is 16.0 Å². The summed E-state index contributed by atoms with van der Waals surface area (Å²) in [5, 5.41) is 16.5. The lowest BCUT2D eigenvalue weighted by molar-refractivity contribution is -0.384. The van der Waals surface area contributed by atoms with Gasteiger partial charge in [-0.15, -0.1) is 0 Å². The van der Waals surface area contributed by atoms with Crippen LogP contribution in [0.3, 0.4) is 0 Å². The number of non-ortho nitro benzene ring substituents is 1. The fourth-order valence-electron chi connectivity index (χ4n) is 2.41. The number of amides is 1. The monoisotopic (exact) mass is 374 g/mol. The second-order valence-electron chi connectivity index (χ2n) is 5.69. The van der Waals surface area contributed by atoms with Crippen LogP contribution in [0, 0.1) is 17.0 Å². The third-order valence-corrected chi connectivity index (χ3v) is 4.01. The van der Waals surface area contributed by atoms with Gasteiger partial charge in [0, 0.05) is 24.7 Å². The van der Waals surface area contributed by atoms with Crippen LogP contribution in [-0.4, -0.2) is 21.9 Å². The third kappa shape index (κ3) is 3.75. The number of carbonyl (C=O) groups excluding carboxylic acids is 1. The van der Waals surface area contributed by atoms with Crippen LogP contribution in [0.2, 0.25) is 5.02 Å². The maximum atomic E-state index is 12.4. The second-order valence-corrected chi connectivity index (χ2v) is 6.10. The zero-order valence-corrected chi connectivity index (χ0v) is 14.7. The first-order valence-corrected chi connectivity index (χ1v) is 8.10. The number of hydrogen-bond acceptors (Lipinski definition) is 6. The molecule has 1 atom stereocenters. The molecule has 0 spiro atoms. The smallest absolute Gasteiger partial charge is 0.271 e. The van der Waals surface area contributed by atoms with E-state index in [1.165, 1.54) is 18.2 Å². The number of fused-ring (bicyclic) bond motifs is 1. The highest BCUT2D eigenvalue weighted by molar-refractivity contribution is 6.34. The van der Waals surface area contributed by atoms with E-state index in [1.54, 1.807) is 32.0 Å². The molecule has 0 aliphatic heterocycles. The molecule has 1 amide bonds. The zero-order chi connectivity index (χ0) is 18.8. The van der Waals surface area contributed by atoms with Crippen LogP contribution in [-0.2, 0) is 4.79 Å². The molecule has 2 aromatic carbocycles. The SMILES string of the molecule is Cc1nc2cc(N[C@@H](C)C(=O)Nc3ccc([N+](=O)[O-])cc3Cl)ccc2o1. The number of nitrogens with zero attached hydrogens (tertiary/aromatic N) is 2. The first-order chi connectivity index (χ1) is 12.3. The quantitative estimate of drug-likeness (QED) is 0.513. The van der Waals surface area contributed by atoms with Crippen molar-refractivity contribution in [2.24, 2.45) is 0 Å². The average Bonchev–Trinajstić information content (AvgIpc) is 2.95. The molecule has 1 heterocycles. The van der Waals surface area contributed by atoms with E-state index in [2.05, 4.69) is 15.6 Å². The van der Waals surface area contributed by atoms with Gasteiger partial charge in [-0.1, -0.05) is 11.6 Å². The van der Waals surface area contributed by atoms with Gasteiger partial charge in [0.25, 0.3) is 5.69 Å². The molecular formula is C17H15ClN4O4. The van der Waals surface area contributed by atoms with Gasteiger partial charge in [-0.3, -0.25) is 14.9 Å². The minimum absolute atomic E-state index is 0.0965. The largest absolute Gasteiger partial charge is 0.441 e. The lowest BCUT2D eigenvalue weighted by Crippen LogP contribution is -2.31. The van der Waals surface area contributed by atoms with Gasteiger partial charge in [0.05, 0.1) is 15.6 Å². The summed E-state index contributed by atoms with van der Waals surface area (Å²) in [6, 6.07) is 8.64. The lowest BCUT2D eigenvalue weighted by Gasteiger charge is -2.15. The zero-order valence-electron chi connectivity index (χ0n) is 13.9. The number of hydrogen-bond donors (Lipinski definition) is 2. The van der Waals surface area contributed by atoms with E-state index in [0.29, 0.717) is 28.4 Å². The number of carbonyl (C=O) groups is 1. The molecule has 0 bridgehead atoms. The molecule has 0 aliphatic carbocycles. The predicted molar refractivity (Wildman–Crippen MR) is 98.6 cm³/mol. The standard InChI is InChI=1S/C17H15ClN4O4/c1-9(19-11-3-6-16-15(7-11)20-10(2)26-16)17(23)21-14-5-4-12(22(24)25)8-13(14)18/h3-9,19H,1-2H3,(H,21,23)/t9-/m0/s1. The Kier molecular flexibility index (Phi) is 4.77. The van der Waals surface area contributed by atoms with E-state index < -0.39 is 11.0 Å². The van der Waals surface area contributed by atoms with Gasteiger partial charge in [0.15, 0.2) is 11.5 Å². The Balaban J connectivity index is 1.69. The summed E-state index contributed by atoms with van der Waals surface area (Å²) in [5.41, 5.74) is 2.23. The fourth-order valence-corrected chi connectivity index (χ4v) is 2.63. The third-order valence-electron chi connectivity index (χ3n) is 3.69. The van der Waals surface area contributed by atoms with Gasteiger partial charge in [0.2, 0.25) is 5.91 Å². The van der Waals surface area contributed by atoms with Crippen molar-refractivity contribution in [2.45, 2.75) is 19.9 Å². The molecule has 134 valence electrons. The molecule has 3 rings (SSSR count). The first kappa shape index (κ1) is 17.7. The Morgan fingerprint density at radius 3 is 2.77 bits per heavy atom. The van der Waals surface area contributed by atoms with Crippen LogP contribution >= 0.6 is 11.6 Å². The number of aromatic nitrogens is 1. The van der Waals surface area contributed by atoms with Gasteiger partial charge in [-0.25, -0.2) is 4.98 Å². The highest BCUT2D eigenvalue weighted by Gasteiger charge is 2.16. The number of nitro benzene ring substituents is 1. The molecule has 8 nitrogen and oxygen atoms in total. The molecule has 9 heteroatoms. The van der Waals surface area contributed by atoms with Crippen LogP contribution < -0.4 is 10.6 Å². The summed E-state index contributed by atoms with van der Waals surface area (Å²) in [6.07, 6.45) is 0. The number of anilines is 2. The Bertz CT molecular complexity index is 1000. The van der Waals surface area contributed by atoms with Crippen molar-refractivity contribution in [3.8, 4) is 0 Å². The van der Waals surface area contributed by atoms with Gasteiger partial charge in [0.1, 0.15) is 11.6 Å². The van der Waals surface area contributed by atoms with Gasteiger partial charge < -0.3 is 15.1 Å². The highest BCUT2D eigenvalue weighted by Crippen LogP contribution is 2.27. The maximum absolute atomic E-state index is 12.4.